The van der Waals surface area contributed by atoms with Crippen molar-refractivity contribution < 1.29 is 23.8 Å². The number of hydrogen-bond donors (Lipinski definition) is 1. The maximum Gasteiger partial charge on any atom is 0.339 e. The molecule has 2 rings (SSSR count). The molecule has 6 nitrogen and oxygen atoms in total. The summed E-state index contributed by atoms with van der Waals surface area (Å²) in [6, 6.07) is 1.46. The molecule has 0 spiro atoms. The van der Waals surface area contributed by atoms with Gasteiger partial charge in [0.25, 0.3) is 5.91 Å². The van der Waals surface area contributed by atoms with E-state index in [-0.39, 0.29) is 24.1 Å². The lowest BCUT2D eigenvalue weighted by Crippen LogP contribution is -2.35. The van der Waals surface area contributed by atoms with Gasteiger partial charge >= 0.3 is 5.97 Å². The summed E-state index contributed by atoms with van der Waals surface area (Å²) in [5.74, 6) is -0.312. The molecule has 1 atom stereocenters. The number of likely N-dealkylation sites (N-methyl/N-ethyl adjacent to an activating group) is 1. The van der Waals surface area contributed by atoms with Gasteiger partial charge in [0.05, 0.1) is 6.54 Å². The van der Waals surface area contributed by atoms with Crippen molar-refractivity contribution in [2.45, 2.75) is 32.4 Å². The number of aryl methyl sites for hydroxylation is 1. The third kappa shape index (κ3) is 2.96. The smallest absolute Gasteiger partial charge is 0.339 e. The third-order valence-electron chi connectivity index (χ3n) is 3.17. The maximum absolute atomic E-state index is 12.0. The standard InChI is InChI=1S/C13H17NO5/c1-8-10(13(16)17)6-9(19-8)7-14(2)12(15)11-4-3-5-18-11/h6,11H,3-5,7H2,1-2H3,(H,16,17)/t11-/m0/s1. The summed E-state index contributed by atoms with van der Waals surface area (Å²) in [7, 11) is 1.66. The van der Waals surface area contributed by atoms with Crippen LogP contribution in [-0.2, 0) is 16.1 Å². The van der Waals surface area contributed by atoms with Crippen LogP contribution in [-0.4, -0.2) is 41.6 Å². The van der Waals surface area contributed by atoms with Crippen LogP contribution in [0.15, 0.2) is 10.5 Å². The number of rotatable bonds is 4. The molecule has 104 valence electrons. The summed E-state index contributed by atoms with van der Waals surface area (Å²) < 4.78 is 10.7. The van der Waals surface area contributed by atoms with Crippen LogP contribution in [0, 0.1) is 6.92 Å². The topological polar surface area (TPSA) is 80.0 Å². The number of ether oxygens (including phenoxy) is 1. The number of carbonyl (C=O) groups is 2. The number of carboxylic acid groups (broad SMARTS) is 1. The number of aromatic carboxylic acids is 1. The van der Waals surface area contributed by atoms with Gasteiger partial charge in [0, 0.05) is 13.7 Å². The van der Waals surface area contributed by atoms with Crippen LogP contribution < -0.4 is 0 Å². The largest absolute Gasteiger partial charge is 0.478 e. The molecule has 1 N–H and O–H groups in total. The van der Waals surface area contributed by atoms with Crippen molar-refractivity contribution in [2.24, 2.45) is 0 Å². The van der Waals surface area contributed by atoms with Crippen LogP contribution in [0.25, 0.3) is 0 Å². The molecule has 1 aromatic rings. The number of carboxylic acids is 1. The molecule has 1 aromatic heterocycles. The first-order chi connectivity index (χ1) is 8.99. The fourth-order valence-electron chi connectivity index (χ4n) is 2.16. The van der Waals surface area contributed by atoms with E-state index in [4.69, 9.17) is 14.3 Å². The molecule has 1 fully saturated rings. The fourth-order valence-corrected chi connectivity index (χ4v) is 2.16. The van der Waals surface area contributed by atoms with Crippen molar-refractivity contribution >= 4 is 11.9 Å². The summed E-state index contributed by atoms with van der Waals surface area (Å²) >= 11 is 0. The van der Waals surface area contributed by atoms with Gasteiger partial charge in [-0.25, -0.2) is 4.79 Å². The van der Waals surface area contributed by atoms with E-state index in [0.717, 1.165) is 12.8 Å². The fraction of sp³-hybridized carbons (Fsp3) is 0.538. The number of hydrogen-bond acceptors (Lipinski definition) is 4. The van der Waals surface area contributed by atoms with Gasteiger partial charge in [-0.3, -0.25) is 4.79 Å². The van der Waals surface area contributed by atoms with Crippen LogP contribution in [0.1, 0.15) is 34.7 Å². The second kappa shape index (κ2) is 5.44. The SMILES string of the molecule is Cc1oc(CN(C)C(=O)[C@@H]2CCCO2)cc1C(=O)O. The second-order valence-corrected chi connectivity index (χ2v) is 4.68. The van der Waals surface area contributed by atoms with Crippen LogP contribution >= 0.6 is 0 Å². The van der Waals surface area contributed by atoms with Crippen molar-refractivity contribution in [3.05, 3.63) is 23.2 Å². The average molecular weight is 267 g/mol. The average Bonchev–Trinajstić information content (AvgIpc) is 2.97. The Hall–Kier alpha value is -1.82. The third-order valence-corrected chi connectivity index (χ3v) is 3.17. The summed E-state index contributed by atoms with van der Waals surface area (Å²) in [6.07, 6.45) is 1.26. The van der Waals surface area contributed by atoms with Gasteiger partial charge in [-0.15, -0.1) is 0 Å². The summed E-state index contributed by atoms with van der Waals surface area (Å²) in [5, 5.41) is 8.93. The monoisotopic (exact) mass is 267 g/mol. The zero-order chi connectivity index (χ0) is 14.0. The molecule has 0 aromatic carbocycles. The van der Waals surface area contributed by atoms with Gasteiger partial charge < -0.3 is 19.2 Å². The Kier molecular flexibility index (Phi) is 3.90. The Bertz CT molecular complexity index is 487. The predicted octanol–water partition coefficient (Wildman–Crippen LogP) is 1.42. The van der Waals surface area contributed by atoms with Gasteiger partial charge in [0.15, 0.2) is 0 Å². The Morgan fingerprint density at radius 2 is 2.26 bits per heavy atom. The molecule has 0 unspecified atom stereocenters. The van der Waals surface area contributed by atoms with E-state index in [0.29, 0.717) is 18.1 Å². The van der Waals surface area contributed by atoms with Crippen LogP contribution in [0.3, 0.4) is 0 Å². The Morgan fingerprint density at radius 3 is 2.79 bits per heavy atom. The van der Waals surface area contributed by atoms with Crippen LogP contribution in [0.5, 0.6) is 0 Å². The number of amides is 1. The highest BCUT2D eigenvalue weighted by Crippen LogP contribution is 2.18. The van der Waals surface area contributed by atoms with Gasteiger partial charge in [-0.1, -0.05) is 0 Å². The maximum atomic E-state index is 12.0. The lowest BCUT2D eigenvalue weighted by Gasteiger charge is -2.19. The van der Waals surface area contributed by atoms with Gasteiger partial charge in [-0.2, -0.15) is 0 Å². The van der Waals surface area contributed by atoms with Crippen molar-refractivity contribution in [2.75, 3.05) is 13.7 Å². The molecule has 1 aliphatic rings. The molecule has 6 heteroatoms. The molecule has 1 amide bonds. The van der Waals surface area contributed by atoms with Crippen LogP contribution in [0.2, 0.25) is 0 Å². The minimum atomic E-state index is -1.03. The lowest BCUT2D eigenvalue weighted by atomic mass is 10.2. The second-order valence-electron chi connectivity index (χ2n) is 4.68. The normalized spacial score (nSPS) is 18.5. The number of furan rings is 1. The van der Waals surface area contributed by atoms with Gasteiger partial charge in [0.1, 0.15) is 23.2 Å². The molecular formula is C13H17NO5. The van der Waals surface area contributed by atoms with Crippen molar-refractivity contribution in [1.82, 2.24) is 4.90 Å². The Morgan fingerprint density at radius 1 is 1.53 bits per heavy atom. The molecule has 1 aliphatic heterocycles. The summed E-state index contributed by atoms with van der Waals surface area (Å²) in [5.41, 5.74) is 0.132. The van der Waals surface area contributed by atoms with Crippen molar-refractivity contribution in [3.8, 4) is 0 Å². The van der Waals surface area contributed by atoms with Gasteiger partial charge in [-0.05, 0) is 25.8 Å². The van der Waals surface area contributed by atoms with E-state index < -0.39 is 5.97 Å². The van der Waals surface area contributed by atoms with E-state index >= 15 is 0 Å². The van der Waals surface area contributed by atoms with E-state index in [1.54, 1.807) is 14.0 Å². The molecular weight excluding hydrogens is 250 g/mol. The number of nitrogens with zero attached hydrogens (tertiary/aromatic N) is 1. The number of carbonyl (C=O) groups excluding carboxylic acids is 1. The van der Waals surface area contributed by atoms with E-state index in [1.165, 1.54) is 11.0 Å². The molecule has 0 radical (unpaired) electrons. The van der Waals surface area contributed by atoms with E-state index in [9.17, 15) is 9.59 Å². The minimum absolute atomic E-state index is 0.0940. The zero-order valence-electron chi connectivity index (χ0n) is 11.0. The van der Waals surface area contributed by atoms with E-state index in [1.807, 2.05) is 0 Å². The summed E-state index contributed by atoms with van der Waals surface area (Å²) in [6.45, 7) is 2.45. The molecule has 0 aliphatic carbocycles. The Labute approximate surface area is 110 Å². The zero-order valence-corrected chi connectivity index (χ0v) is 11.0. The quantitative estimate of drug-likeness (QED) is 0.892. The van der Waals surface area contributed by atoms with Crippen molar-refractivity contribution in [3.63, 3.8) is 0 Å². The highest BCUT2D eigenvalue weighted by molar-refractivity contribution is 5.88. The minimum Gasteiger partial charge on any atom is -0.478 e. The molecule has 19 heavy (non-hydrogen) atoms. The van der Waals surface area contributed by atoms with Crippen molar-refractivity contribution in [1.29, 1.82) is 0 Å². The molecule has 0 bridgehead atoms. The Balaban J connectivity index is 2.02. The first-order valence-corrected chi connectivity index (χ1v) is 6.18. The van der Waals surface area contributed by atoms with Gasteiger partial charge in [0.2, 0.25) is 0 Å². The first-order valence-electron chi connectivity index (χ1n) is 6.18. The molecule has 2 heterocycles. The first kappa shape index (κ1) is 13.6. The molecule has 1 saturated heterocycles. The highest BCUT2D eigenvalue weighted by atomic mass is 16.5. The molecule has 0 saturated carbocycles. The van der Waals surface area contributed by atoms with E-state index in [2.05, 4.69) is 0 Å². The predicted molar refractivity (Wildman–Crippen MR) is 65.9 cm³/mol. The highest BCUT2D eigenvalue weighted by Gasteiger charge is 2.27. The lowest BCUT2D eigenvalue weighted by molar-refractivity contribution is -0.140. The summed E-state index contributed by atoms with van der Waals surface area (Å²) in [4.78, 5) is 24.4. The van der Waals surface area contributed by atoms with Crippen LogP contribution in [0.4, 0.5) is 0 Å².